The lowest BCUT2D eigenvalue weighted by molar-refractivity contribution is -0.118. The topological polar surface area (TPSA) is 17.1 Å². The van der Waals surface area contributed by atoms with Crippen molar-refractivity contribution in [1.82, 2.24) is 0 Å². The van der Waals surface area contributed by atoms with Gasteiger partial charge in [-0.25, -0.2) is 0 Å². The quantitative estimate of drug-likeness (QED) is 0.681. The van der Waals surface area contributed by atoms with Gasteiger partial charge in [0.25, 0.3) is 0 Å². The van der Waals surface area contributed by atoms with Crippen molar-refractivity contribution >= 4 is 5.78 Å². The summed E-state index contributed by atoms with van der Waals surface area (Å²) in [5, 5.41) is 0. The van der Waals surface area contributed by atoms with Crippen LogP contribution in [0.1, 0.15) is 64.7 Å². The van der Waals surface area contributed by atoms with Gasteiger partial charge in [-0.15, -0.1) is 0 Å². The normalized spacial score (nSPS) is 25.0. The summed E-state index contributed by atoms with van der Waals surface area (Å²) in [5.41, 5.74) is 1.49. The molecule has 0 aromatic heterocycles. The Kier molecular flexibility index (Phi) is 3.28. The predicted molar refractivity (Wildman–Crippen MR) is 62.8 cm³/mol. The summed E-state index contributed by atoms with van der Waals surface area (Å²) in [6.07, 6.45) is 12.8. The first-order valence-corrected chi connectivity index (χ1v) is 6.42. The summed E-state index contributed by atoms with van der Waals surface area (Å²) >= 11 is 0. The second-order valence-electron chi connectivity index (χ2n) is 5.59. The molecule has 0 N–H and O–H groups in total. The molecular formula is C14H22O. The third kappa shape index (κ3) is 2.70. The van der Waals surface area contributed by atoms with E-state index in [4.69, 9.17) is 0 Å². The fourth-order valence-corrected chi connectivity index (χ4v) is 2.73. The molecule has 0 bridgehead atoms. The summed E-state index contributed by atoms with van der Waals surface area (Å²) < 4.78 is 0. The van der Waals surface area contributed by atoms with Gasteiger partial charge < -0.3 is 0 Å². The van der Waals surface area contributed by atoms with Gasteiger partial charge in [0, 0.05) is 6.42 Å². The van der Waals surface area contributed by atoms with E-state index in [9.17, 15) is 4.79 Å². The minimum atomic E-state index is 0.351. The van der Waals surface area contributed by atoms with Crippen molar-refractivity contribution in [2.45, 2.75) is 64.7 Å². The van der Waals surface area contributed by atoms with Crippen LogP contribution >= 0.6 is 0 Å². The highest BCUT2D eigenvalue weighted by Crippen LogP contribution is 2.44. The summed E-state index contributed by atoms with van der Waals surface area (Å²) in [6.45, 7) is 2.27. The Bertz CT molecular complexity index is 271. The number of Topliss-reactive ketones (excluding diaryl/α,β-unsaturated/α-hetero) is 1. The summed E-state index contributed by atoms with van der Waals surface area (Å²) in [6, 6.07) is 0. The average molecular weight is 206 g/mol. The van der Waals surface area contributed by atoms with Gasteiger partial charge in [-0.3, -0.25) is 4.79 Å². The van der Waals surface area contributed by atoms with Crippen molar-refractivity contribution in [3.8, 4) is 0 Å². The van der Waals surface area contributed by atoms with E-state index >= 15 is 0 Å². The van der Waals surface area contributed by atoms with Crippen molar-refractivity contribution in [2.75, 3.05) is 0 Å². The van der Waals surface area contributed by atoms with Gasteiger partial charge in [-0.1, -0.05) is 25.8 Å². The maximum absolute atomic E-state index is 12.1. The molecule has 0 atom stereocenters. The Balaban J connectivity index is 1.91. The molecule has 0 aromatic rings. The maximum atomic E-state index is 12.1. The number of hydrogen-bond donors (Lipinski definition) is 0. The van der Waals surface area contributed by atoms with Crippen molar-refractivity contribution in [3.63, 3.8) is 0 Å². The standard InChI is InChI=1S/C14H22O/c1-14(9-6-10-14)11-13(15)12-7-4-2-3-5-8-12/h7H,2-6,8-11H2,1H3. The Hall–Kier alpha value is -0.590. The highest BCUT2D eigenvalue weighted by Gasteiger charge is 2.34. The zero-order chi connectivity index (χ0) is 10.7. The van der Waals surface area contributed by atoms with E-state index in [1.165, 1.54) is 38.5 Å². The van der Waals surface area contributed by atoms with E-state index in [-0.39, 0.29) is 0 Å². The van der Waals surface area contributed by atoms with Gasteiger partial charge in [-0.2, -0.15) is 0 Å². The zero-order valence-corrected chi connectivity index (χ0v) is 9.85. The average Bonchev–Trinajstić information content (AvgIpc) is 2.43. The van der Waals surface area contributed by atoms with Crippen LogP contribution in [-0.2, 0) is 4.79 Å². The molecule has 1 heteroatoms. The second-order valence-corrected chi connectivity index (χ2v) is 5.59. The van der Waals surface area contributed by atoms with Crippen LogP contribution in [0.4, 0.5) is 0 Å². The largest absolute Gasteiger partial charge is 0.295 e. The van der Waals surface area contributed by atoms with Crippen LogP contribution in [0.2, 0.25) is 0 Å². The van der Waals surface area contributed by atoms with E-state index in [0.717, 1.165) is 24.8 Å². The van der Waals surface area contributed by atoms with E-state index in [1.807, 2.05) is 0 Å². The number of rotatable bonds is 3. The number of ketones is 1. The van der Waals surface area contributed by atoms with Crippen LogP contribution in [0.3, 0.4) is 0 Å². The fraction of sp³-hybridized carbons (Fsp3) is 0.786. The lowest BCUT2D eigenvalue weighted by Gasteiger charge is -2.38. The molecule has 0 heterocycles. The molecule has 15 heavy (non-hydrogen) atoms. The van der Waals surface area contributed by atoms with Crippen LogP contribution in [0, 0.1) is 5.41 Å². The molecule has 1 saturated carbocycles. The molecule has 1 fully saturated rings. The van der Waals surface area contributed by atoms with Gasteiger partial charge in [0.2, 0.25) is 0 Å². The summed E-state index contributed by atoms with van der Waals surface area (Å²) in [7, 11) is 0. The Morgan fingerprint density at radius 1 is 1.27 bits per heavy atom. The SMILES string of the molecule is CC1(CC(=O)C2=CCCCCC2)CCC1. The molecule has 0 aliphatic heterocycles. The van der Waals surface area contributed by atoms with Crippen LogP contribution in [-0.4, -0.2) is 5.78 Å². The van der Waals surface area contributed by atoms with Gasteiger partial charge in [0.15, 0.2) is 5.78 Å². The monoisotopic (exact) mass is 206 g/mol. The lowest BCUT2D eigenvalue weighted by Crippen LogP contribution is -2.29. The number of hydrogen-bond acceptors (Lipinski definition) is 1. The van der Waals surface area contributed by atoms with Crippen molar-refractivity contribution in [3.05, 3.63) is 11.6 Å². The lowest BCUT2D eigenvalue weighted by atomic mass is 9.67. The Labute approximate surface area is 92.9 Å². The molecule has 0 saturated heterocycles. The van der Waals surface area contributed by atoms with Crippen LogP contribution < -0.4 is 0 Å². The molecule has 0 radical (unpaired) electrons. The van der Waals surface area contributed by atoms with Gasteiger partial charge in [-0.05, 0) is 49.5 Å². The molecule has 0 spiro atoms. The molecular weight excluding hydrogens is 184 g/mol. The fourth-order valence-electron chi connectivity index (χ4n) is 2.73. The molecule has 2 aliphatic rings. The Morgan fingerprint density at radius 2 is 2.07 bits per heavy atom. The smallest absolute Gasteiger partial charge is 0.159 e. The number of allylic oxidation sites excluding steroid dienone is 2. The minimum absolute atomic E-state index is 0.351. The number of carbonyl (C=O) groups excluding carboxylic acids is 1. The van der Waals surface area contributed by atoms with Gasteiger partial charge in [0.05, 0.1) is 0 Å². The Morgan fingerprint density at radius 3 is 2.73 bits per heavy atom. The minimum Gasteiger partial charge on any atom is -0.295 e. The van der Waals surface area contributed by atoms with E-state index in [2.05, 4.69) is 13.0 Å². The van der Waals surface area contributed by atoms with Crippen molar-refractivity contribution in [2.24, 2.45) is 5.41 Å². The highest BCUT2D eigenvalue weighted by atomic mass is 16.1. The number of carbonyl (C=O) groups is 1. The molecule has 84 valence electrons. The first kappa shape index (κ1) is 10.9. The first-order valence-electron chi connectivity index (χ1n) is 6.42. The summed E-state index contributed by atoms with van der Waals surface area (Å²) in [4.78, 5) is 12.1. The first-order chi connectivity index (χ1) is 7.20. The van der Waals surface area contributed by atoms with E-state index in [1.54, 1.807) is 0 Å². The van der Waals surface area contributed by atoms with E-state index in [0.29, 0.717) is 11.2 Å². The summed E-state index contributed by atoms with van der Waals surface area (Å²) in [5.74, 6) is 0.444. The second kappa shape index (κ2) is 4.51. The van der Waals surface area contributed by atoms with Crippen LogP contribution in [0.25, 0.3) is 0 Å². The van der Waals surface area contributed by atoms with E-state index < -0.39 is 0 Å². The maximum Gasteiger partial charge on any atom is 0.159 e. The molecule has 0 amide bonds. The molecule has 0 unspecified atom stereocenters. The van der Waals surface area contributed by atoms with Crippen LogP contribution in [0.15, 0.2) is 11.6 Å². The zero-order valence-electron chi connectivity index (χ0n) is 9.85. The molecule has 2 aliphatic carbocycles. The van der Waals surface area contributed by atoms with Gasteiger partial charge >= 0.3 is 0 Å². The third-order valence-electron chi connectivity index (χ3n) is 4.05. The molecule has 1 nitrogen and oxygen atoms in total. The molecule has 0 aromatic carbocycles. The van der Waals surface area contributed by atoms with Crippen molar-refractivity contribution in [1.29, 1.82) is 0 Å². The van der Waals surface area contributed by atoms with Crippen molar-refractivity contribution < 1.29 is 4.79 Å². The third-order valence-corrected chi connectivity index (χ3v) is 4.05. The predicted octanol–water partition coefficient (Wildman–Crippen LogP) is 4.03. The highest BCUT2D eigenvalue weighted by molar-refractivity contribution is 5.95. The van der Waals surface area contributed by atoms with Gasteiger partial charge in [0.1, 0.15) is 0 Å². The molecule has 2 rings (SSSR count). The van der Waals surface area contributed by atoms with Crippen LogP contribution in [0.5, 0.6) is 0 Å².